The molecule has 0 aromatic heterocycles. The molecular formula is C14H20O4. The van der Waals surface area contributed by atoms with Gasteiger partial charge in [0.05, 0.1) is 7.11 Å². The molecule has 4 heteroatoms. The zero-order valence-corrected chi connectivity index (χ0v) is 11.2. The Labute approximate surface area is 107 Å². The summed E-state index contributed by atoms with van der Waals surface area (Å²) in [5.74, 6) is 0.470. The highest BCUT2D eigenvalue weighted by molar-refractivity contribution is 6.07. The topological polar surface area (TPSA) is 52.6 Å². The Bertz CT molecular complexity index is 416. The molecule has 1 saturated heterocycles. The third-order valence-corrected chi connectivity index (χ3v) is 5.47. The van der Waals surface area contributed by atoms with Gasteiger partial charge in [-0.25, -0.2) is 0 Å². The van der Waals surface area contributed by atoms with E-state index < -0.39 is 11.4 Å². The van der Waals surface area contributed by atoms with Gasteiger partial charge < -0.3 is 9.47 Å². The predicted octanol–water partition coefficient (Wildman–Crippen LogP) is 1.92. The lowest BCUT2D eigenvalue weighted by Crippen LogP contribution is -2.34. The second-order valence-corrected chi connectivity index (χ2v) is 6.40. The Hall–Kier alpha value is -1.06. The standard InChI is InChI=1S/C14H20O4/c1-8(2)9-4-5-13-7-14(13,11(15)17-3)12(16)18-10(13)6-9/h8-10H,4-7H2,1-3H3/t9-,10-,13+,14+/m0/s1. The van der Waals surface area contributed by atoms with Gasteiger partial charge in [-0.3, -0.25) is 9.59 Å². The van der Waals surface area contributed by atoms with Gasteiger partial charge in [0.15, 0.2) is 5.41 Å². The number of esters is 2. The van der Waals surface area contributed by atoms with E-state index in [9.17, 15) is 9.59 Å². The maximum absolute atomic E-state index is 12.1. The largest absolute Gasteiger partial charge is 0.468 e. The molecule has 2 aliphatic carbocycles. The Kier molecular flexibility index (Phi) is 2.32. The molecule has 100 valence electrons. The summed E-state index contributed by atoms with van der Waals surface area (Å²) in [6, 6.07) is 0. The lowest BCUT2D eigenvalue weighted by Gasteiger charge is -2.34. The van der Waals surface area contributed by atoms with Crippen LogP contribution < -0.4 is 0 Å². The van der Waals surface area contributed by atoms with Gasteiger partial charge in [0.1, 0.15) is 6.10 Å². The van der Waals surface area contributed by atoms with Crippen LogP contribution in [-0.4, -0.2) is 25.2 Å². The highest BCUT2D eigenvalue weighted by atomic mass is 16.6. The third-order valence-electron chi connectivity index (χ3n) is 5.47. The van der Waals surface area contributed by atoms with Crippen LogP contribution in [0.25, 0.3) is 0 Å². The van der Waals surface area contributed by atoms with Gasteiger partial charge in [0, 0.05) is 5.41 Å². The molecular weight excluding hydrogens is 232 g/mol. The van der Waals surface area contributed by atoms with E-state index in [1.165, 1.54) is 7.11 Å². The number of methoxy groups -OCH3 is 1. The molecule has 1 heterocycles. The van der Waals surface area contributed by atoms with Crippen molar-refractivity contribution in [1.82, 2.24) is 0 Å². The van der Waals surface area contributed by atoms with E-state index in [1.807, 2.05) is 0 Å². The van der Waals surface area contributed by atoms with Crippen molar-refractivity contribution in [2.24, 2.45) is 22.7 Å². The molecule has 0 radical (unpaired) electrons. The minimum Gasteiger partial charge on any atom is -0.468 e. The molecule has 3 rings (SSSR count). The number of ether oxygens (including phenoxy) is 2. The van der Waals surface area contributed by atoms with Crippen molar-refractivity contribution < 1.29 is 19.1 Å². The second-order valence-electron chi connectivity index (χ2n) is 6.40. The highest BCUT2D eigenvalue weighted by Gasteiger charge is 2.86. The van der Waals surface area contributed by atoms with Gasteiger partial charge in [0.25, 0.3) is 0 Å². The number of hydrogen-bond acceptors (Lipinski definition) is 4. The van der Waals surface area contributed by atoms with E-state index in [0.717, 1.165) is 19.3 Å². The molecule has 4 nitrogen and oxygen atoms in total. The fourth-order valence-corrected chi connectivity index (χ4v) is 4.15. The van der Waals surface area contributed by atoms with Crippen molar-refractivity contribution in [2.45, 2.75) is 45.6 Å². The Balaban J connectivity index is 1.87. The summed E-state index contributed by atoms with van der Waals surface area (Å²) in [6.07, 6.45) is 3.49. The zero-order chi connectivity index (χ0) is 13.1. The first-order valence-electron chi connectivity index (χ1n) is 6.77. The van der Waals surface area contributed by atoms with Crippen molar-refractivity contribution in [2.75, 3.05) is 7.11 Å². The van der Waals surface area contributed by atoms with Crippen LogP contribution in [0.4, 0.5) is 0 Å². The molecule has 2 saturated carbocycles. The van der Waals surface area contributed by atoms with Crippen molar-refractivity contribution >= 4 is 11.9 Å². The first kappa shape index (κ1) is 12.0. The van der Waals surface area contributed by atoms with Gasteiger partial charge >= 0.3 is 11.9 Å². The van der Waals surface area contributed by atoms with Crippen molar-refractivity contribution in [3.8, 4) is 0 Å². The Morgan fingerprint density at radius 1 is 1.50 bits per heavy atom. The number of hydrogen-bond donors (Lipinski definition) is 0. The average Bonchev–Trinajstić information content (AvgIpc) is 2.95. The molecule has 1 spiro atoms. The summed E-state index contributed by atoms with van der Waals surface area (Å²) < 4.78 is 10.3. The number of rotatable bonds is 2. The molecule has 0 N–H and O–H groups in total. The van der Waals surface area contributed by atoms with Crippen molar-refractivity contribution in [3.63, 3.8) is 0 Å². The molecule has 0 bridgehead atoms. The monoisotopic (exact) mass is 252 g/mol. The summed E-state index contributed by atoms with van der Waals surface area (Å²) in [5.41, 5.74) is -1.18. The van der Waals surface area contributed by atoms with Gasteiger partial charge in [-0.05, 0) is 37.5 Å². The predicted molar refractivity (Wildman–Crippen MR) is 63.6 cm³/mol. The fourth-order valence-electron chi connectivity index (χ4n) is 4.15. The smallest absolute Gasteiger partial charge is 0.324 e. The lowest BCUT2D eigenvalue weighted by atomic mass is 9.71. The summed E-state index contributed by atoms with van der Waals surface area (Å²) in [6.45, 7) is 4.42. The zero-order valence-electron chi connectivity index (χ0n) is 11.2. The Morgan fingerprint density at radius 3 is 2.83 bits per heavy atom. The van der Waals surface area contributed by atoms with E-state index in [1.54, 1.807) is 0 Å². The maximum Gasteiger partial charge on any atom is 0.324 e. The molecule has 3 aliphatic rings. The van der Waals surface area contributed by atoms with Crippen LogP contribution in [-0.2, 0) is 19.1 Å². The summed E-state index contributed by atoms with van der Waals surface area (Å²) in [5, 5.41) is 0. The number of carbonyl (C=O) groups excluding carboxylic acids is 2. The van der Waals surface area contributed by atoms with E-state index in [-0.39, 0.29) is 17.5 Å². The van der Waals surface area contributed by atoms with E-state index in [2.05, 4.69) is 13.8 Å². The summed E-state index contributed by atoms with van der Waals surface area (Å²) >= 11 is 0. The molecule has 18 heavy (non-hydrogen) atoms. The first-order valence-corrected chi connectivity index (χ1v) is 6.77. The van der Waals surface area contributed by atoms with E-state index in [0.29, 0.717) is 18.3 Å². The van der Waals surface area contributed by atoms with Crippen LogP contribution in [0.5, 0.6) is 0 Å². The van der Waals surface area contributed by atoms with Crippen LogP contribution in [0.2, 0.25) is 0 Å². The van der Waals surface area contributed by atoms with Gasteiger partial charge in [-0.15, -0.1) is 0 Å². The van der Waals surface area contributed by atoms with Gasteiger partial charge in [0.2, 0.25) is 0 Å². The van der Waals surface area contributed by atoms with E-state index >= 15 is 0 Å². The van der Waals surface area contributed by atoms with Crippen LogP contribution >= 0.6 is 0 Å². The summed E-state index contributed by atoms with van der Waals surface area (Å²) in [7, 11) is 1.35. The van der Waals surface area contributed by atoms with Crippen LogP contribution in [0.1, 0.15) is 39.5 Å². The lowest BCUT2D eigenvalue weighted by molar-refractivity contribution is -0.159. The molecule has 0 aromatic rings. The SMILES string of the molecule is COC(=O)[C@@]12C[C@@]13CC[C@H](C(C)C)C[C@@H]3OC2=O. The van der Waals surface area contributed by atoms with E-state index in [4.69, 9.17) is 9.47 Å². The third kappa shape index (κ3) is 1.16. The molecule has 3 fully saturated rings. The van der Waals surface area contributed by atoms with Gasteiger partial charge in [-0.1, -0.05) is 13.8 Å². The van der Waals surface area contributed by atoms with Crippen LogP contribution in [0.3, 0.4) is 0 Å². The fraction of sp³-hybridized carbons (Fsp3) is 0.857. The van der Waals surface area contributed by atoms with Crippen molar-refractivity contribution in [1.29, 1.82) is 0 Å². The van der Waals surface area contributed by atoms with Crippen molar-refractivity contribution in [3.05, 3.63) is 0 Å². The molecule has 0 unspecified atom stereocenters. The first-order chi connectivity index (χ1) is 8.48. The van der Waals surface area contributed by atoms with Crippen LogP contribution in [0.15, 0.2) is 0 Å². The highest BCUT2D eigenvalue weighted by Crippen LogP contribution is 2.76. The number of carbonyl (C=O) groups is 2. The van der Waals surface area contributed by atoms with Crippen LogP contribution in [0, 0.1) is 22.7 Å². The molecule has 1 aliphatic heterocycles. The second kappa shape index (κ2) is 3.49. The minimum atomic E-state index is -0.950. The Morgan fingerprint density at radius 2 is 2.22 bits per heavy atom. The molecule has 0 amide bonds. The maximum atomic E-state index is 12.1. The average molecular weight is 252 g/mol. The molecule has 4 atom stereocenters. The summed E-state index contributed by atoms with van der Waals surface area (Å²) in [4.78, 5) is 24.0. The molecule has 0 aromatic carbocycles. The normalized spacial score (nSPS) is 45.2. The van der Waals surface area contributed by atoms with Gasteiger partial charge in [-0.2, -0.15) is 0 Å². The minimum absolute atomic E-state index is 0.0646. The quantitative estimate of drug-likeness (QED) is 0.556.